The van der Waals surface area contributed by atoms with Gasteiger partial charge in [0.05, 0.1) is 23.9 Å². The highest BCUT2D eigenvalue weighted by Crippen LogP contribution is 2.44. The zero-order valence-electron chi connectivity index (χ0n) is 20.8. The lowest BCUT2D eigenvalue weighted by Crippen LogP contribution is -2.29. The minimum Gasteiger partial charge on any atom is -0.491 e. The molecule has 0 bridgehead atoms. The summed E-state index contributed by atoms with van der Waals surface area (Å²) in [7, 11) is 0. The van der Waals surface area contributed by atoms with Crippen molar-refractivity contribution in [1.29, 1.82) is 0 Å². The molecule has 2 atom stereocenters. The summed E-state index contributed by atoms with van der Waals surface area (Å²) in [4.78, 5) is 6.88. The minimum atomic E-state index is -0.107. The first kappa shape index (κ1) is 24.3. The molecule has 7 heteroatoms. The van der Waals surface area contributed by atoms with Gasteiger partial charge in [0.1, 0.15) is 5.75 Å². The second kappa shape index (κ2) is 9.96. The molecule has 5 nitrogen and oxygen atoms in total. The molecule has 0 amide bonds. The average molecular weight is 517 g/mol. The fourth-order valence-corrected chi connectivity index (χ4v) is 5.45. The molecule has 5 rings (SSSR count). The molecule has 0 aliphatic carbocycles. The lowest BCUT2D eigenvalue weighted by molar-refractivity contribution is 0.242. The molecule has 2 aromatic heterocycles. The zero-order chi connectivity index (χ0) is 25.4. The Morgan fingerprint density at radius 3 is 2.31 bits per heavy atom. The molecule has 2 aromatic carbocycles. The lowest BCUT2D eigenvalue weighted by Gasteiger charge is -2.28. The van der Waals surface area contributed by atoms with Gasteiger partial charge in [-0.3, -0.25) is 4.98 Å². The fourth-order valence-electron chi connectivity index (χ4n) is 4.98. The van der Waals surface area contributed by atoms with Crippen molar-refractivity contribution in [1.82, 2.24) is 14.9 Å². The predicted octanol–water partition coefficient (Wildman–Crippen LogP) is 7.11. The second-order valence-electron chi connectivity index (χ2n) is 9.30. The van der Waals surface area contributed by atoms with Crippen molar-refractivity contribution in [2.45, 2.75) is 45.9 Å². The summed E-state index contributed by atoms with van der Waals surface area (Å²) in [5, 5.41) is 4.95. The summed E-state index contributed by atoms with van der Waals surface area (Å²) < 4.78 is 8.13. The Kier molecular flexibility index (Phi) is 6.73. The molecular formula is C29H29ClN4OS. The van der Waals surface area contributed by atoms with Crippen LogP contribution in [0.4, 0.5) is 5.69 Å². The van der Waals surface area contributed by atoms with Gasteiger partial charge in [-0.05, 0) is 112 Å². The Morgan fingerprint density at radius 2 is 1.67 bits per heavy atom. The second-order valence-corrected chi connectivity index (χ2v) is 10.1. The maximum Gasteiger partial charge on any atom is 0.174 e. The van der Waals surface area contributed by atoms with E-state index in [-0.39, 0.29) is 18.2 Å². The Labute approximate surface area is 222 Å². The van der Waals surface area contributed by atoms with Crippen LogP contribution in [0.1, 0.15) is 48.6 Å². The molecule has 3 heterocycles. The molecule has 184 valence electrons. The highest BCUT2D eigenvalue weighted by atomic mass is 35.5. The number of rotatable bonds is 6. The van der Waals surface area contributed by atoms with Crippen LogP contribution in [0.25, 0.3) is 5.69 Å². The van der Waals surface area contributed by atoms with Crippen LogP contribution in [0.5, 0.6) is 5.75 Å². The Balaban J connectivity index is 1.62. The molecule has 0 spiro atoms. The SMILES string of the molecule is Cc1cc([C@H]2[C@H](c3ccccn3)NC(=S)N2c2ccc(OC(C)C)cc2)c(C)n1-c1ccc(Cl)cc1. The van der Waals surface area contributed by atoms with Crippen molar-refractivity contribution < 1.29 is 4.74 Å². The minimum absolute atomic E-state index is 0.0866. The average Bonchev–Trinajstić information content (AvgIpc) is 3.35. The van der Waals surface area contributed by atoms with E-state index in [9.17, 15) is 0 Å². The number of pyridine rings is 1. The Morgan fingerprint density at radius 1 is 0.972 bits per heavy atom. The third-order valence-electron chi connectivity index (χ3n) is 6.46. The van der Waals surface area contributed by atoms with E-state index in [1.807, 2.05) is 68.6 Å². The van der Waals surface area contributed by atoms with Crippen molar-refractivity contribution in [3.05, 3.63) is 107 Å². The summed E-state index contributed by atoms with van der Waals surface area (Å²) in [6.07, 6.45) is 1.94. The normalized spacial score (nSPS) is 17.5. The molecule has 1 saturated heterocycles. The Bertz CT molecular complexity index is 1370. The molecule has 0 radical (unpaired) electrons. The predicted molar refractivity (Wildman–Crippen MR) is 150 cm³/mol. The molecule has 1 fully saturated rings. The Hall–Kier alpha value is -3.35. The summed E-state index contributed by atoms with van der Waals surface area (Å²) in [6.45, 7) is 8.34. The van der Waals surface area contributed by atoms with Crippen molar-refractivity contribution in [3.8, 4) is 11.4 Å². The van der Waals surface area contributed by atoms with Crippen LogP contribution in [0.15, 0.2) is 79.0 Å². The topological polar surface area (TPSA) is 42.3 Å². The van der Waals surface area contributed by atoms with E-state index in [1.165, 1.54) is 5.56 Å². The molecule has 36 heavy (non-hydrogen) atoms. The number of hydrogen-bond acceptors (Lipinski definition) is 3. The fraction of sp³-hybridized carbons (Fsp3) is 0.241. The van der Waals surface area contributed by atoms with Crippen molar-refractivity contribution in [2.75, 3.05) is 4.90 Å². The molecule has 1 aliphatic heterocycles. The van der Waals surface area contributed by atoms with Crippen LogP contribution >= 0.6 is 23.8 Å². The number of hydrogen-bond donors (Lipinski definition) is 1. The van der Waals surface area contributed by atoms with E-state index in [4.69, 9.17) is 28.6 Å². The van der Waals surface area contributed by atoms with Gasteiger partial charge < -0.3 is 19.5 Å². The number of aryl methyl sites for hydroxylation is 1. The standard InChI is InChI=1S/C29H29ClN4OS/c1-18(2)35-24-14-12-23(13-15-24)34-28(27(32-29(34)36)26-7-5-6-16-31-26)25-17-19(3)33(20(25)4)22-10-8-21(30)9-11-22/h5-18,27-28H,1-4H3,(H,32,36)/t27-,28-/m0/s1. The van der Waals surface area contributed by atoms with Crippen molar-refractivity contribution in [3.63, 3.8) is 0 Å². The third-order valence-corrected chi connectivity index (χ3v) is 7.03. The summed E-state index contributed by atoms with van der Waals surface area (Å²) in [5.74, 6) is 0.838. The number of nitrogens with zero attached hydrogens (tertiary/aromatic N) is 3. The number of anilines is 1. The smallest absolute Gasteiger partial charge is 0.174 e. The van der Waals surface area contributed by atoms with Gasteiger partial charge in [-0.25, -0.2) is 0 Å². The first-order valence-electron chi connectivity index (χ1n) is 12.1. The quantitative estimate of drug-likeness (QED) is 0.277. The van der Waals surface area contributed by atoms with E-state index in [2.05, 4.69) is 57.9 Å². The molecule has 0 unspecified atom stereocenters. The van der Waals surface area contributed by atoms with E-state index in [0.717, 1.165) is 39.2 Å². The summed E-state index contributed by atoms with van der Waals surface area (Å²) in [5.41, 5.74) is 6.50. The van der Waals surface area contributed by atoms with Crippen molar-refractivity contribution in [2.24, 2.45) is 0 Å². The van der Waals surface area contributed by atoms with E-state index >= 15 is 0 Å². The highest BCUT2D eigenvalue weighted by Gasteiger charge is 2.42. The number of halogens is 1. The van der Waals surface area contributed by atoms with Crippen LogP contribution in [0.2, 0.25) is 5.02 Å². The highest BCUT2D eigenvalue weighted by molar-refractivity contribution is 7.80. The van der Waals surface area contributed by atoms with Gasteiger partial charge in [-0.15, -0.1) is 0 Å². The van der Waals surface area contributed by atoms with Crippen LogP contribution in [0.3, 0.4) is 0 Å². The molecular weight excluding hydrogens is 488 g/mol. The zero-order valence-corrected chi connectivity index (χ0v) is 22.3. The van der Waals surface area contributed by atoms with Gasteiger partial charge in [0.15, 0.2) is 5.11 Å². The molecule has 1 aliphatic rings. The van der Waals surface area contributed by atoms with Crippen LogP contribution < -0.4 is 15.0 Å². The van der Waals surface area contributed by atoms with Crippen LogP contribution in [0, 0.1) is 13.8 Å². The number of benzene rings is 2. The van der Waals surface area contributed by atoms with Gasteiger partial charge in [0.25, 0.3) is 0 Å². The maximum atomic E-state index is 6.16. The molecule has 0 saturated carbocycles. The maximum absolute atomic E-state index is 6.16. The summed E-state index contributed by atoms with van der Waals surface area (Å²) >= 11 is 12.1. The van der Waals surface area contributed by atoms with Gasteiger partial charge in [0, 0.05) is 34.0 Å². The van der Waals surface area contributed by atoms with E-state index < -0.39 is 0 Å². The van der Waals surface area contributed by atoms with Crippen LogP contribution in [-0.2, 0) is 0 Å². The van der Waals surface area contributed by atoms with Gasteiger partial charge in [-0.1, -0.05) is 17.7 Å². The van der Waals surface area contributed by atoms with Gasteiger partial charge in [-0.2, -0.15) is 0 Å². The third kappa shape index (κ3) is 4.59. The number of ether oxygens (including phenoxy) is 1. The molecule has 1 N–H and O–H groups in total. The van der Waals surface area contributed by atoms with Gasteiger partial charge >= 0.3 is 0 Å². The first-order valence-corrected chi connectivity index (χ1v) is 12.8. The first-order chi connectivity index (χ1) is 17.3. The lowest BCUT2D eigenvalue weighted by atomic mass is 9.96. The van der Waals surface area contributed by atoms with E-state index in [0.29, 0.717) is 5.11 Å². The largest absolute Gasteiger partial charge is 0.491 e. The number of thiocarbonyl (C=S) groups is 1. The summed E-state index contributed by atoms with van der Waals surface area (Å²) in [6, 6.07) is 24.1. The monoisotopic (exact) mass is 516 g/mol. The van der Waals surface area contributed by atoms with Crippen LogP contribution in [-0.4, -0.2) is 20.8 Å². The number of nitrogens with one attached hydrogen (secondary N) is 1. The van der Waals surface area contributed by atoms with E-state index in [1.54, 1.807) is 0 Å². The molecule has 4 aromatic rings. The van der Waals surface area contributed by atoms with Crippen molar-refractivity contribution >= 4 is 34.6 Å². The number of aromatic nitrogens is 2. The van der Waals surface area contributed by atoms with Gasteiger partial charge in [0.2, 0.25) is 0 Å².